The van der Waals surface area contributed by atoms with E-state index in [9.17, 15) is 19.1 Å². The van der Waals surface area contributed by atoms with Crippen molar-refractivity contribution in [3.05, 3.63) is 69.3 Å². The molecule has 1 N–H and O–H groups in total. The molecule has 0 amide bonds. The number of phenols is 1. The van der Waals surface area contributed by atoms with Crippen molar-refractivity contribution in [2.45, 2.75) is 26.3 Å². The summed E-state index contributed by atoms with van der Waals surface area (Å²) in [6.07, 6.45) is 0.458. The number of carbonyl (C=O) groups excluding carboxylic acids is 1. The van der Waals surface area contributed by atoms with E-state index in [-0.39, 0.29) is 24.0 Å². The number of fused-ring (bicyclic) bond motifs is 1. The summed E-state index contributed by atoms with van der Waals surface area (Å²) in [4.78, 5) is 28.1. The van der Waals surface area contributed by atoms with Crippen LogP contribution in [0.2, 0.25) is 0 Å². The molecule has 0 aliphatic carbocycles. The zero-order valence-electron chi connectivity index (χ0n) is 18.8. The van der Waals surface area contributed by atoms with Gasteiger partial charge in [-0.3, -0.25) is 9.69 Å². The lowest BCUT2D eigenvalue weighted by Crippen LogP contribution is -2.46. The topological polar surface area (TPSA) is 83.2 Å². The van der Waals surface area contributed by atoms with E-state index < -0.39 is 5.63 Å². The van der Waals surface area contributed by atoms with E-state index >= 15 is 0 Å². The number of esters is 1. The molecular formula is C25H27FN2O5. The van der Waals surface area contributed by atoms with Crippen LogP contribution in [0.5, 0.6) is 5.75 Å². The third-order valence-corrected chi connectivity index (χ3v) is 6.16. The SMILES string of the molecule is COC(=O)CCc1cc2c(C)cc(=O)oc2c(CN2CCN(c3ccc(F)cc3)CC2)c1O. The average molecular weight is 454 g/mol. The van der Waals surface area contributed by atoms with Gasteiger partial charge in [0.15, 0.2) is 0 Å². The lowest BCUT2D eigenvalue weighted by Gasteiger charge is -2.36. The summed E-state index contributed by atoms with van der Waals surface area (Å²) in [7, 11) is 1.33. The Labute approximate surface area is 191 Å². The Balaban J connectivity index is 1.59. The van der Waals surface area contributed by atoms with E-state index in [0.29, 0.717) is 29.7 Å². The summed E-state index contributed by atoms with van der Waals surface area (Å²) in [6, 6.07) is 9.65. The van der Waals surface area contributed by atoms with Gasteiger partial charge in [-0.05, 0) is 54.8 Å². The van der Waals surface area contributed by atoms with Crippen LogP contribution in [0.1, 0.15) is 23.1 Å². The zero-order chi connectivity index (χ0) is 23.5. The molecule has 1 saturated heterocycles. The molecule has 1 aromatic heterocycles. The number of nitrogens with zero attached hydrogens (tertiary/aromatic N) is 2. The normalized spacial score (nSPS) is 14.6. The van der Waals surface area contributed by atoms with E-state index in [1.54, 1.807) is 18.2 Å². The maximum absolute atomic E-state index is 13.2. The molecule has 33 heavy (non-hydrogen) atoms. The highest BCUT2D eigenvalue weighted by atomic mass is 19.1. The van der Waals surface area contributed by atoms with Crippen LogP contribution >= 0.6 is 0 Å². The molecule has 0 saturated carbocycles. The van der Waals surface area contributed by atoms with Crippen LogP contribution in [0, 0.1) is 12.7 Å². The Morgan fingerprint density at radius 3 is 2.52 bits per heavy atom. The standard InChI is InChI=1S/C25H27FN2O5/c1-16-13-23(30)33-25-20(16)14-17(3-8-22(29)32-2)24(31)21(25)15-27-9-11-28(12-10-27)19-6-4-18(26)5-7-19/h4-7,13-14,31H,3,8-12,15H2,1-2H3. The molecule has 2 aromatic carbocycles. The zero-order valence-corrected chi connectivity index (χ0v) is 18.8. The lowest BCUT2D eigenvalue weighted by molar-refractivity contribution is -0.140. The second kappa shape index (κ2) is 9.62. The number of rotatable bonds is 6. The van der Waals surface area contributed by atoms with Gasteiger partial charge < -0.3 is 19.2 Å². The van der Waals surface area contributed by atoms with Crippen molar-refractivity contribution in [3.8, 4) is 5.75 Å². The van der Waals surface area contributed by atoms with Crippen LogP contribution in [0.4, 0.5) is 10.1 Å². The number of aryl methyl sites for hydroxylation is 2. The van der Waals surface area contributed by atoms with E-state index in [1.807, 2.05) is 6.92 Å². The van der Waals surface area contributed by atoms with Crippen LogP contribution in [-0.2, 0) is 22.5 Å². The Kier molecular flexibility index (Phi) is 6.65. The Morgan fingerprint density at radius 1 is 1.15 bits per heavy atom. The van der Waals surface area contributed by atoms with Gasteiger partial charge in [-0.25, -0.2) is 9.18 Å². The predicted octanol–water partition coefficient (Wildman–Crippen LogP) is 3.37. The molecule has 0 bridgehead atoms. The molecule has 174 valence electrons. The van der Waals surface area contributed by atoms with Crippen molar-refractivity contribution in [2.75, 3.05) is 38.2 Å². The maximum atomic E-state index is 13.2. The summed E-state index contributed by atoms with van der Waals surface area (Å²) in [5.41, 5.74) is 2.79. The summed E-state index contributed by atoms with van der Waals surface area (Å²) >= 11 is 0. The first-order chi connectivity index (χ1) is 15.9. The molecule has 0 unspecified atom stereocenters. The van der Waals surface area contributed by atoms with Gasteiger partial charge in [0.05, 0.1) is 12.7 Å². The lowest BCUT2D eigenvalue weighted by atomic mass is 9.98. The smallest absolute Gasteiger partial charge is 0.336 e. The summed E-state index contributed by atoms with van der Waals surface area (Å²) in [5.74, 6) is -0.575. The van der Waals surface area contributed by atoms with E-state index in [0.717, 1.165) is 42.8 Å². The Bertz CT molecular complexity index is 1210. The van der Waals surface area contributed by atoms with Gasteiger partial charge in [-0.1, -0.05) is 0 Å². The molecule has 0 radical (unpaired) electrons. The fourth-order valence-corrected chi connectivity index (χ4v) is 4.28. The number of ether oxygens (including phenoxy) is 1. The van der Waals surface area contributed by atoms with Crippen LogP contribution in [-0.4, -0.2) is 49.3 Å². The maximum Gasteiger partial charge on any atom is 0.336 e. The predicted molar refractivity (Wildman–Crippen MR) is 123 cm³/mol. The summed E-state index contributed by atoms with van der Waals surface area (Å²) < 4.78 is 23.5. The van der Waals surface area contributed by atoms with Crippen LogP contribution in [0.25, 0.3) is 11.0 Å². The number of aromatic hydroxyl groups is 1. The minimum atomic E-state index is -0.468. The van der Waals surface area contributed by atoms with Crippen molar-refractivity contribution in [3.63, 3.8) is 0 Å². The van der Waals surface area contributed by atoms with Crippen molar-refractivity contribution in [2.24, 2.45) is 0 Å². The Morgan fingerprint density at radius 2 is 1.85 bits per heavy atom. The number of phenolic OH excluding ortho intramolecular Hbond substituents is 1. The molecular weight excluding hydrogens is 427 g/mol. The third kappa shape index (κ3) is 5.01. The van der Waals surface area contributed by atoms with Crippen LogP contribution in [0.15, 0.2) is 45.6 Å². The fourth-order valence-electron chi connectivity index (χ4n) is 4.28. The number of halogens is 1. The van der Waals surface area contributed by atoms with E-state index in [4.69, 9.17) is 9.15 Å². The second-order valence-corrected chi connectivity index (χ2v) is 8.30. The van der Waals surface area contributed by atoms with Gasteiger partial charge in [0.2, 0.25) is 0 Å². The molecule has 1 fully saturated rings. The highest BCUT2D eigenvalue weighted by Crippen LogP contribution is 2.34. The third-order valence-electron chi connectivity index (χ3n) is 6.16. The minimum absolute atomic E-state index is 0.0427. The number of methoxy groups -OCH3 is 1. The summed E-state index contributed by atoms with van der Waals surface area (Å²) in [5, 5.41) is 11.8. The van der Waals surface area contributed by atoms with Gasteiger partial charge in [-0.2, -0.15) is 0 Å². The molecule has 8 heteroatoms. The number of anilines is 1. The van der Waals surface area contributed by atoms with E-state index in [1.165, 1.54) is 25.3 Å². The largest absolute Gasteiger partial charge is 0.507 e. The fraction of sp³-hybridized carbons (Fsp3) is 0.360. The average Bonchev–Trinajstić information content (AvgIpc) is 2.81. The highest BCUT2D eigenvalue weighted by molar-refractivity contribution is 5.86. The molecule has 2 heterocycles. The van der Waals surface area contributed by atoms with Crippen LogP contribution < -0.4 is 10.5 Å². The van der Waals surface area contributed by atoms with Gasteiger partial charge in [0, 0.05) is 56.3 Å². The van der Waals surface area contributed by atoms with Crippen LogP contribution in [0.3, 0.4) is 0 Å². The number of hydrogen-bond acceptors (Lipinski definition) is 7. The Hall–Kier alpha value is -3.39. The number of piperazine rings is 1. The molecule has 7 nitrogen and oxygen atoms in total. The number of carbonyl (C=O) groups is 1. The minimum Gasteiger partial charge on any atom is -0.507 e. The molecule has 1 aliphatic rings. The molecule has 0 atom stereocenters. The van der Waals surface area contributed by atoms with E-state index in [2.05, 4.69) is 9.80 Å². The first-order valence-electron chi connectivity index (χ1n) is 10.9. The number of benzene rings is 2. The number of hydrogen-bond donors (Lipinski definition) is 1. The van der Waals surface area contributed by atoms with Crippen molar-refractivity contribution < 1.29 is 23.4 Å². The van der Waals surface area contributed by atoms with Gasteiger partial charge in [-0.15, -0.1) is 0 Å². The van der Waals surface area contributed by atoms with Crippen molar-refractivity contribution in [1.82, 2.24) is 4.90 Å². The van der Waals surface area contributed by atoms with Crippen molar-refractivity contribution in [1.29, 1.82) is 0 Å². The van der Waals surface area contributed by atoms with Crippen molar-refractivity contribution >= 4 is 22.6 Å². The van der Waals surface area contributed by atoms with Gasteiger partial charge in [0.25, 0.3) is 0 Å². The summed E-state index contributed by atoms with van der Waals surface area (Å²) in [6.45, 7) is 5.16. The molecule has 0 spiro atoms. The second-order valence-electron chi connectivity index (χ2n) is 8.30. The first kappa shape index (κ1) is 22.8. The quantitative estimate of drug-likeness (QED) is 0.452. The highest BCUT2D eigenvalue weighted by Gasteiger charge is 2.23. The molecule has 4 rings (SSSR count). The van der Waals surface area contributed by atoms with Gasteiger partial charge in [0.1, 0.15) is 17.1 Å². The monoisotopic (exact) mass is 454 g/mol. The van der Waals surface area contributed by atoms with Gasteiger partial charge >= 0.3 is 11.6 Å². The molecule has 1 aliphatic heterocycles. The first-order valence-corrected chi connectivity index (χ1v) is 10.9. The molecule has 3 aromatic rings.